The molecule has 1 N–H and O–H groups in total. The molecule has 1 aromatic carbocycles. The standard InChI is InChI=1S/C20H29NO5/c1-24-16-9-11-17(12-10-16)26-13-5-8-19(22)21-14-15-6-3-4-7-18(15)20(23)25-2/h9-12,15,18H,3-8,13-14H2,1-2H3,(H,21,22). The maximum absolute atomic E-state index is 12.0. The lowest BCUT2D eigenvalue weighted by Crippen LogP contribution is -2.37. The van der Waals surface area contributed by atoms with Crippen LogP contribution in [0.25, 0.3) is 0 Å². The molecular formula is C20H29NO5. The van der Waals surface area contributed by atoms with Crippen LogP contribution < -0.4 is 14.8 Å². The zero-order chi connectivity index (χ0) is 18.8. The smallest absolute Gasteiger partial charge is 0.309 e. The van der Waals surface area contributed by atoms with Crippen LogP contribution in [0.4, 0.5) is 0 Å². The molecule has 26 heavy (non-hydrogen) atoms. The average molecular weight is 363 g/mol. The number of hydrogen-bond acceptors (Lipinski definition) is 5. The molecule has 1 aliphatic rings. The normalized spacial score (nSPS) is 19.5. The molecule has 144 valence electrons. The number of benzene rings is 1. The summed E-state index contributed by atoms with van der Waals surface area (Å²) in [7, 11) is 3.05. The predicted octanol–water partition coefficient (Wildman–Crippen LogP) is 2.95. The molecular weight excluding hydrogens is 334 g/mol. The molecule has 0 spiro atoms. The SMILES string of the molecule is COC(=O)C1CCCCC1CNC(=O)CCCOc1ccc(OC)cc1. The van der Waals surface area contributed by atoms with Crippen molar-refractivity contribution in [3.63, 3.8) is 0 Å². The van der Waals surface area contributed by atoms with Crippen molar-refractivity contribution in [3.8, 4) is 11.5 Å². The van der Waals surface area contributed by atoms with Gasteiger partial charge in [-0.05, 0) is 49.4 Å². The second-order valence-corrected chi connectivity index (χ2v) is 6.61. The second kappa shape index (κ2) is 10.7. The Kier molecular flexibility index (Phi) is 8.25. The number of esters is 1. The molecule has 0 aromatic heterocycles. The summed E-state index contributed by atoms with van der Waals surface area (Å²) in [6.07, 6.45) is 5.01. The second-order valence-electron chi connectivity index (χ2n) is 6.61. The fourth-order valence-corrected chi connectivity index (χ4v) is 3.34. The Labute approximate surface area is 155 Å². The number of amides is 1. The molecule has 6 heteroatoms. The minimum Gasteiger partial charge on any atom is -0.497 e. The molecule has 1 fully saturated rings. The zero-order valence-corrected chi connectivity index (χ0v) is 15.7. The van der Waals surface area contributed by atoms with E-state index in [0.717, 1.165) is 37.2 Å². The van der Waals surface area contributed by atoms with Crippen molar-refractivity contribution in [1.82, 2.24) is 5.32 Å². The first-order chi connectivity index (χ1) is 12.6. The lowest BCUT2D eigenvalue weighted by Gasteiger charge is -2.29. The molecule has 1 aliphatic carbocycles. The van der Waals surface area contributed by atoms with Crippen LogP contribution in [0.3, 0.4) is 0 Å². The molecule has 0 heterocycles. The fraction of sp³-hybridized carbons (Fsp3) is 0.600. The highest BCUT2D eigenvalue weighted by Crippen LogP contribution is 2.30. The highest BCUT2D eigenvalue weighted by Gasteiger charge is 2.31. The van der Waals surface area contributed by atoms with Crippen molar-refractivity contribution in [3.05, 3.63) is 24.3 Å². The van der Waals surface area contributed by atoms with Crippen LogP contribution in [0.2, 0.25) is 0 Å². The molecule has 2 atom stereocenters. The van der Waals surface area contributed by atoms with E-state index in [0.29, 0.717) is 26.0 Å². The summed E-state index contributed by atoms with van der Waals surface area (Å²) in [5, 5.41) is 2.96. The van der Waals surface area contributed by atoms with E-state index in [-0.39, 0.29) is 23.7 Å². The van der Waals surface area contributed by atoms with Crippen molar-refractivity contribution in [2.45, 2.75) is 38.5 Å². The van der Waals surface area contributed by atoms with Crippen LogP contribution >= 0.6 is 0 Å². The first-order valence-electron chi connectivity index (χ1n) is 9.25. The van der Waals surface area contributed by atoms with E-state index in [2.05, 4.69) is 5.32 Å². The highest BCUT2D eigenvalue weighted by atomic mass is 16.5. The highest BCUT2D eigenvalue weighted by molar-refractivity contribution is 5.76. The maximum Gasteiger partial charge on any atom is 0.309 e. The quantitative estimate of drug-likeness (QED) is 0.539. The maximum atomic E-state index is 12.0. The topological polar surface area (TPSA) is 73.9 Å². The van der Waals surface area contributed by atoms with Crippen LogP contribution in [0.15, 0.2) is 24.3 Å². The van der Waals surface area contributed by atoms with Crippen molar-refractivity contribution < 1.29 is 23.8 Å². The van der Waals surface area contributed by atoms with E-state index in [1.54, 1.807) is 7.11 Å². The van der Waals surface area contributed by atoms with E-state index in [4.69, 9.17) is 14.2 Å². The molecule has 6 nitrogen and oxygen atoms in total. The van der Waals surface area contributed by atoms with Crippen molar-refractivity contribution in [2.75, 3.05) is 27.4 Å². The van der Waals surface area contributed by atoms with Crippen LogP contribution in [0.1, 0.15) is 38.5 Å². The monoisotopic (exact) mass is 363 g/mol. The van der Waals surface area contributed by atoms with Gasteiger partial charge in [0.25, 0.3) is 0 Å². The number of carbonyl (C=O) groups is 2. The predicted molar refractivity (Wildman–Crippen MR) is 98.2 cm³/mol. The van der Waals surface area contributed by atoms with Gasteiger partial charge in [0.2, 0.25) is 5.91 Å². The van der Waals surface area contributed by atoms with Gasteiger partial charge >= 0.3 is 5.97 Å². The Morgan fingerprint density at radius 2 is 1.77 bits per heavy atom. The molecule has 1 amide bonds. The minimum atomic E-state index is -0.156. The number of hydrogen-bond donors (Lipinski definition) is 1. The molecule has 2 rings (SSSR count). The summed E-state index contributed by atoms with van der Waals surface area (Å²) in [5.41, 5.74) is 0. The van der Waals surface area contributed by atoms with Crippen LogP contribution in [-0.2, 0) is 14.3 Å². The van der Waals surface area contributed by atoms with E-state index in [9.17, 15) is 9.59 Å². The van der Waals surface area contributed by atoms with Gasteiger partial charge in [-0.1, -0.05) is 12.8 Å². The van der Waals surface area contributed by atoms with Gasteiger partial charge < -0.3 is 19.5 Å². The number of carbonyl (C=O) groups excluding carboxylic acids is 2. The van der Waals surface area contributed by atoms with Gasteiger partial charge in [0, 0.05) is 13.0 Å². The van der Waals surface area contributed by atoms with Gasteiger partial charge in [-0.15, -0.1) is 0 Å². The first kappa shape index (κ1) is 20.1. The lowest BCUT2D eigenvalue weighted by atomic mass is 9.79. The Hall–Kier alpha value is -2.24. The first-order valence-corrected chi connectivity index (χ1v) is 9.25. The zero-order valence-electron chi connectivity index (χ0n) is 15.7. The number of methoxy groups -OCH3 is 2. The fourth-order valence-electron chi connectivity index (χ4n) is 3.34. The van der Waals surface area contributed by atoms with Gasteiger partial charge in [0.05, 0.1) is 26.7 Å². The Balaban J connectivity index is 1.64. The molecule has 2 unspecified atom stereocenters. The third kappa shape index (κ3) is 6.24. The summed E-state index contributed by atoms with van der Waals surface area (Å²) in [5.74, 6) is 1.47. The molecule has 1 aromatic rings. The molecule has 0 bridgehead atoms. The van der Waals surface area contributed by atoms with Crippen LogP contribution in [0.5, 0.6) is 11.5 Å². The van der Waals surface area contributed by atoms with Gasteiger partial charge in [0.15, 0.2) is 0 Å². The Morgan fingerprint density at radius 3 is 2.46 bits per heavy atom. The third-order valence-corrected chi connectivity index (χ3v) is 4.85. The molecule has 0 saturated heterocycles. The van der Waals surface area contributed by atoms with Crippen molar-refractivity contribution in [1.29, 1.82) is 0 Å². The van der Waals surface area contributed by atoms with E-state index < -0.39 is 0 Å². The van der Waals surface area contributed by atoms with E-state index in [1.807, 2.05) is 24.3 Å². The van der Waals surface area contributed by atoms with E-state index in [1.165, 1.54) is 7.11 Å². The average Bonchev–Trinajstić information content (AvgIpc) is 2.69. The third-order valence-electron chi connectivity index (χ3n) is 4.85. The van der Waals surface area contributed by atoms with Crippen molar-refractivity contribution >= 4 is 11.9 Å². The van der Waals surface area contributed by atoms with Crippen LogP contribution in [0, 0.1) is 11.8 Å². The summed E-state index contributed by atoms with van der Waals surface area (Å²) >= 11 is 0. The summed E-state index contributed by atoms with van der Waals surface area (Å²) in [6, 6.07) is 7.36. The van der Waals surface area contributed by atoms with Gasteiger partial charge in [-0.2, -0.15) is 0 Å². The molecule has 1 saturated carbocycles. The summed E-state index contributed by atoms with van der Waals surface area (Å²) < 4.78 is 15.6. The summed E-state index contributed by atoms with van der Waals surface area (Å²) in [6.45, 7) is 1.02. The number of ether oxygens (including phenoxy) is 3. The van der Waals surface area contributed by atoms with Gasteiger partial charge in [-0.25, -0.2) is 0 Å². The van der Waals surface area contributed by atoms with Gasteiger partial charge in [-0.3, -0.25) is 9.59 Å². The largest absolute Gasteiger partial charge is 0.497 e. The molecule has 0 radical (unpaired) electrons. The molecule has 0 aliphatic heterocycles. The lowest BCUT2D eigenvalue weighted by molar-refractivity contribution is -0.148. The number of rotatable bonds is 9. The van der Waals surface area contributed by atoms with Crippen LogP contribution in [-0.4, -0.2) is 39.2 Å². The minimum absolute atomic E-state index is 0.00230. The van der Waals surface area contributed by atoms with Crippen molar-refractivity contribution in [2.24, 2.45) is 11.8 Å². The summed E-state index contributed by atoms with van der Waals surface area (Å²) in [4.78, 5) is 23.9. The Morgan fingerprint density at radius 1 is 1.08 bits per heavy atom. The van der Waals surface area contributed by atoms with Gasteiger partial charge in [0.1, 0.15) is 11.5 Å². The number of nitrogens with one attached hydrogen (secondary N) is 1. The Bertz CT molecular complexity index is 572. The van der Waals surface area contributed by atoms with E-state index >= 15 is 0 Å².